The van der Waals surface area contributed by atoms with E-state index in [1.165, 1.54) is 4.90 Å². The summed E-state index contributed by atoms with van der Waals surface area (Å²) in [7, 11) is 1.60. The van der Waals surface area contributed by atoms with Crippen molar-refractivity contribution in [1.82, 2.24) is 10.1 Å². The molecule has 0 saturated heterocycles. The number of aryl methyl sites for hydroxylation is 1. The van der Waals surface area contributed by atoms with Gasteiger partial charge in [0.2, 0.25) is 11.8 Å². The fourth-order valence-electron chi connectivity index (χ4n) is 1.71. The minimum atomic E-state index is -0.310. The largest absolute Gasteiger partial charge is 0.360 e. The Labute approximate surface area is 118 Å². The third kappa shape index (κ3) is 5.00. The van der Waals surface area contributed by atoms with Crippen LogP contribution in [0.15, 0.2) is 10.6 Å². The third-order valence-electron chi connectivity index (χ3n) is 3.08. The Morgan fingerprint density at radius 2 is 2.25 bits per heavy atom. The van der Waals surface area contributed by atoms with Crippen molar-refractivity contribution in [2.45, 2.75) is 26.7 Å². The predicted octanol–water partition coefficient (Wildman–Crippen LogP) is 0.755. The summed E-state index contributed by atoms with van der Waals surface area (Å²) < 4.78 is 4.84. The van der Waals surface area contributed by atoms with Crippen molar-refractivity contribution < 1.29 is 14.1 Å². The molecule has 0 fully saturated rings. The maximum absolute atomic E-state index is 11.9. The van der Waals surface area contributed by atoms with E-state index in [0.29, 0.717) is 24.5 Å². The Morgan fingerprint density at radius 3 is 2.75 bits per heavy atom. The smallest absolute Gasteiger partial charge is 0.245 e. The molecule has 112 valence electrons. The minimum absolute atomic E-state index is 0.0221. The zero-order valence-electron chi connectivity index (χ0n) is 12.2. The lowest BCUT2D eigenvalue weighted by Gasteiger charge is -2.19. The molecule has 1 aromatic rings. The van der Waals surface area contributed by atoms with Crippen molar-refractivity contribution >= 4 is 17.6 Å². The summed E-state index contributed by atoms with van der Waals surface area (Å²) in [6.45, 7) is 4.17. The standard InChI is InChI=1S/C13H22N4O3/c1-4-10(7-14)6-13(19)17(3)8-12(18)15-11-5-9(2)20-16-11/h5,10H,4,6-8,14H2,1-3H3,(H,15,16,18). The second kappa shape index (κ2) is 7.64. The molecule has 7 heteroatoms. The van der Waals surface area contributed by atoms with Crippen LogP contribution in [0, 0.1) is 12.8 Å². The molecule has 0 aliphatic carbocycles. The Bertz CT molecular complexity index is 454. The van der Waals surface area contributed by atoms with Gasteiger partial charge in [0.15, 0.2) is 5.82 Å². The van der Waals surface area contributed by atoms with Crippen LogP contribution in [-0.2, 0) is 9.59 Å². The minimum Gasteiger partial charge on any atom is -0.360 e. The number of amides is 2. The molecule has 0 bridgehead atoms. The molecule has 2 amide bonds. The number of hydrogen-bond donors (Lipinski definition) is 2. The molecule has 0 aliphatic rings. The monoisotopic (exact) mass is 282 g/mol. The highest BCUT2D eigenvalue weighted by molar-refractivity contribution is 5.93. The molecule has 0 radical (unpaired) electrons. The van der Waals surface area contributed by atoms with Gasteiger partial charge in [0.1, 0.15) is 5.76 Å². The van der Waals surface area contributed by atoms with Gasteiger partial charge in [-0.25, -0.2) is 0 Å². The molecule has 0 spiro atoms. The molecule has 1 heterocycles. The van der Waals surface area contributed by atoms with Crippen LogP contribution in [0.4, 0.5) is 5.82 Å². The van der Waals surface area contributed by atoms with Gasteiger partial charge in [0.05, 0.1) is 6.54 Å². The molecule has 1 aromatic heterocycles. The maximum atomic E-state index is 11.9. The summed E-state index contributed by atoms with van der Waals surface area (Å²) >= 11 is 0. The van der Waals surface area contributed by atoms with Gasteiger partial charge in [-0.15, -0.1) is 0 Å². The highest BCUT2D eigenvalue weighted by atomic mass is 16.5. The highest BCUT2D eigenvalue weighted by Crippen LogP contribution is 2.09. The van der Waals surface area contributed by atoms with Crippen LogP contribution in [0.25, 0.3) is 0 Å². The molecule has 7 nitrogen and oxygen atoms in total. The molecule has 0 saturated carbocycles. The average molecular weight is 282 g/mol. The van der Waals surface area contributed by atoms with Gasteiger partial charge in [0, 0.05) is 19.5 Å². The van der Waals surface area contributed by atoms with E-state index in [1.807, 2.05) is 6.92 Å². The lowest BCUT2D eigenvalue weighted by molar-refractivity contribution is -0.134. The van der Waals surface area contributed by atoms with E-state index >= 15 is 0 Å². The zero-order valence-corrected chi connectivity index (χ0v) is 12.2. The second-order valence-corrected chi connectivity index (χ2v) is 4.83. The fourth-order valence-corrected chi connectivity index (χ4v) is 1.71. The molecule has 0 aromatic carbocycles. The normalized spacial score (nSPS) is 12.0. The number of hydrogen-bond acceptors (Lipinski definition) is 5. The molecule has 1 rings (SSSR count). The van der Waals surface area contributed by atoms with Crippen LogP contribution in [0.2, 0.25) is 0 Å². The number of nitrogens with zero attached hydrogens (tertiary/aromatic N) is 2. The van der Waals surface area contributed by atoms with E-state index in [2.05, 4.69) is 10.5 Å². The number of carbonyl (C=O) groups excluding carboxylic acids is 2. The van der Waals surface area contributed by atoms with Gasteiger partial charge < -0.3 is 20.5 Å². The van der Waals surface area contributed by atoms with Crippen LogP contribution < -0.4 is 11.1 Å². The number of likely N-dealkylation sites (N-methyl/N-ethyl adjacent to an activating group) is 1. The Kier molecular flexibility index (Phi) is 6.17. The van der Waals surface area contributed by atoms with E-state index in [9.17, 15) is 9.59 Å². The van der Waals surface area contributed by atoms with E-state index in [0.717, 1.165) is 6.42 Å². The average Bonchev–Trinajstić information content (AvgIpc) is 2.80. The fraction of sp³-hybridized carbons (Fsp3) is 0.615. The van der Waals surface area contributed by atoms with Crippen molar-refractivity contribution in [3.8, 4) is 0 Å². The summed E-state index contributed by atoms with van der Waals surface area (Å²) in [4.78, 5) is 25.1. The van der Waals surface area contributed by atoms with Crippen molar-refractivity contribution in [1.29, 1.82) is 0 Å². The van der Waals surface area contributed by atoms with E-state index < -0.39 is 0 Å². The summed E-state index contributed by atoms with van der Waals surface area (Å²) in [6, 6.07) is 1.61. The van der Waals surface area contributed by atoms with Crippen LogP contribution in [0.3, 0.4) is 0 Å². The van der Waals surface area contributed by atoms with Crippen molar-refractivity contribution in [3.63, 3.8) is 0 Å². The zero-order chi connectivity index (χ0) is 15.1. The van der Waals surface area contributed by atoms with Gasteiger partial charge in [-0.3, -0.25) is 9.59 Å². The quantitative estimate of drug-likeness (QED) is 0.768. The first-order chi connectivity index (χ1) is 9.46. The number of carbonyl (C=O) groups is 2. The Morgan fingerprint density at radius 1 is 1.55 bits per heavy atom. The summed E-state index contributed by atoms with van der Waals surface area (Å²) in [5.41, 5.74) is 5.57. The molecule has 0 aliphatic heterocycles. The number of nitrogens with one attached hydrogen (secondary N) is 1. The predicted molar refractivity (Wildman–Crippen MR) is 75.0 cm³/mol. The number of nitrogens with two attached hydrogens (primary N) is 1. The lowest BCUT2D eigenvalue weighted by atomic mass is 10.0. The Hall–Kier alpha value is -1.89. The van der Waals surface area contributed by atoms with Gasteiger partial charge in [-0.05, 0) is 19.4 Å². The van der Waals surface area contributed by atoms with E-state index in [-0.39, 0.29) is 24.3 Å². The molecule has 20 heavy (non-hydrogen) atoms. The first kappa shape index (κ1) is 16.2. The molecular formula is C13H22N4O3. The second-order valence-electron chi connectivity index (χ2n) is 4.83. The van der Waals surface area contributed by atoms with E-state index in [1.54, 1.807) is 20.0 Å². The molecular weight excluding hydrogens is 260 g/mol. The number of rotatable bonds is 7. The topological polar surface area (TPSA) is 101 Å². The van der Waals surface area contributed by atoms with Crippen LogP contribution in [-0.4, -0.2) is 42.0 Å². The summed E-state index contributed by atoms with van der Waals surface area (Å²) in [5.74, 6) is 0.718. The van der Waals surface area contributed by atoms with Gasteiger partial charge >= 0.3 is 0 Å². The molecule has 3 N–H and O–H groups in total. The van der Waals surface area contributed by atoms with Gasteiger partial charge in [-0.1, -0.05) is 18.5 Å². The maximum Gasteiger partial charge on any atom is 0.245 e. The molecule has 1 atom stereocenters. The van der Waals surface area contributed by atoms with Crippen LogP contribution in [0.5, 0.6) is 0 Å². The highest BCUT2D eigenvalue weighted by Gasteiger charge is 2.17. The number of anilines is 1. The lowest BCUT2D eigenvalue weighted by Crippen LogP contribution is -2.36. The van der Waals surface area contributed by atoms with Crippen molar-refractivity contribution in [2.24, 2.45) is 11.7 Å². The summed E-state index contributed by atoms with van der Waals surface area (Å²) in [6.07, 6.45) is 1.21. The van der Waals surface area contributed by atoms with Crippen LogP contribution >= 0.6 is 0 Å². The van der Waals surface area contributed by atoms with Gasteiger partial charge in [0.25, 0.3) is 0 Å². The first-order valence-corrected chi connectivity index (χ1v) is 6.63. The first-order valence-electron chi connectivity index (χ1n) is 6.63. The van der Waals surface area contributed by atoms with E-state index in [4.69, 9.17) is 10.3 Å². The van der Waals surface area contributed by atoms with Crippen LogP contribution in [0.1, 0.15) is 25.5 Å². The van der Waals surface area contributed by atoms with Crippen molar-refractivity contribution in [3.05, 3.63) is 11.8 Å². The third-order valence-corrected chi connectivity index (χ3v) is 3.08. The number of aromatic nitrogens is 1. The summed E-state index contributed by atoms with van der Waals surface area (Å²) in [5, 5.41) is 6.22. The van der Waals surface area contributed by atoms with Crippen molar-refractivity contribution in [2.75, 3.05) is 25.5 Å². The SMILES string of the molecule is CCC(CN)CC(=O)N(C)CC(=O)Nc1cc(C)on1. The van der Waals surface area contributed by atoms with Gasteiger partial charge in [-0.2, -0.15) is 0 Å². The molecule has 1 unspecified atom stereocenters. The Balaban J connectivity index is 2.42.